The molecule has 0 aliphatic rings. The van der Waals surface area contributed by atoms with Crippen molar-refractivity contribution in [1.82, 2.24) is 15.0 Å². The molecule has 2 aromatic heterocycles. The highest BCUT2D eigenvalue weighted by atomic mass is 14.8. The molecule has 2 heterocycles. The predicted octanol–water partition coefficient (Wildman–Crippen LogP) is 1.34. The summed E-state index contributed by atoms with van der Waals surface area (Å²) in [6.07, 6.45) is 5.90. The predicted molar refractivity (Wildman–Crippen MR) is 44.1 cm³/mol. The second-order valence-electron chi connectivity index (χ2n) is 2.26. The van der Waals surface area contributed by atoms with Crippen LogP contribution >= 0.6 is 0 Å². The molecule has 57 valence electrons. The van der Waals surface area contributed by atoms with Gasteiger partial charge in [0.2, 0.25) is 0 Å². The van der Waals surface area contributed by atoms with E-state index in [1.807, 2.05) is 18.2 Å². The molecule has 3 heteroatoms. The summed E-state index contributed by atoms with van der Waals surface area (Å²) in [5.41, 5.74) is 1.64. The van der Waals surface area contributed by atoms with Gasteiger partial charge in [-0.2, -0.15) is 0 Å². The summed E-state index contributed by atoms with van der Waals surface area (Å²) in [6.45, 7) is 0. The quantitative estimate of drug-likeness (QED) is 0.625. The Morgan fingerprint density at radius 2 is 2.00 bits per heavy atom. The van der Waals surface area contributed by atoms with Gasteiger partial charge in [0.25, 0.3) is 0 Å². The highest BCUT2D eigenvalue weighted by Gasteiger charge is 1.96. The van der Waals surface area contributed by atoms with Gasteiger partial charge in [0, 0.05) is 12.4 Å². The minimum absolute atomic E-state index is 0.797. The summed E-state index contributed by atoms with van der Waals surface area (Å²) < 4.78 is 0. The molecule has 0 aliphatic carbocycles. The van der Waals surface area contributed by atoms with E-state index >= 15 is 0 Å². The molecule has 0 spiro atoms. The van der Waals surface area contributed by atoms with Crippen molar-refractivity contribution in [2.75, 3.05) is 0 Å². The first-order valence-corrected chi connectivity index (χ1v) is 3.57. The molecule has 2 rings (SSSR count). The first-order valence-electron chi connectivity index (χ1n) is 3.57. The third-order valence-electron chi connectivity index (χ3n) is 1.46. The lowest BCUT2D eigenvalue weighted by atomic mass is 10.3. The van der Waals surface area contributed by atoms with Crippen LogP contribution in [0.4, 0.5) is 0 Å². The highest BCUT2D eigenvalue weighted by Crippen LogP contribution is 2.09. The molecule has 0 saturated carbocycles. The van der Waals surface area contributed by atoms with Gasteiger partial charge in [-0.05, 0) is 18.2 Å². The van der Waals surface area contributed by atoms with E-state index in [1.165, 1.54) is 0 Å². The molecule has 1 radical (unpaired) electrons. The second-order valence-corrected chi connectivity index (χ2v) is 2.26. The molecule has 2 aromatic rings. The largest absolute Gasteiger partial charge is 0.255 e. The topological polar surface area (TPSA) is 38.7 Å². The summed E-state index contributed by atoms with van der Waals surface area (Å²) in [5, 5.41) is 0. The summed E-state index contributed by atoms with van der Waals surface area (Å²) >= 11 is 0. The van der Waals surface area contributed by atoms with Crippen LogP contribution < -0.4 is 0 Å². The van der Waals surface area contributed by atoms with Gasteiger partial charge >= 0.3 is 0 Å². The summed E-state index contributed by atoms with van der Waals surface area (Å²) in [6, 6.07) is 7.49. The molecular weight excluding hydrogens is 150 g/mol. The first kappa shape index (κ1) is 6.91. The fourth-order valence-electron chi connectivity index (χ4n) is 0.918. The van der Waals surface area contributed by atoms with E-state index < -0.39 is 0 Å². The van der Waals surface area contributed by atoms with E-state index in [4.69, 9.17) is 0 Å². The molecule has 0 amide bonds. The zero-order valence-electron chi connectivity index (χ0n) is 6.31. The van der Waals surface area contributed by atoms with E-state index in [0.29, 0.717) is 0 Å². The molecule has 0 atom stereocenters. The van der Waals surface area contributed by atoms with Crippen LogP contribution in [0.25, 0.3) is 11.4 Å². The average molecular weight is 156 g/mol. The number of pyridine rings is 1. The molecule has 0 aliphatic heterocycles. The van der Waals surface area contributed by atoms with E-state index in [9.17, 15) is 0 Å². The van der Waals surface area contributed by atoms with Crippen molar-refractivity contribution in [3.05, 3.63) is 43.0 Å². The monoisotopic (exact) mass is 156 g/mol. The summed E-state index contributed by atoms with van der Waals surface area (Å²) in [4.78, 5) is 11.8. The summed E-state index contributed by atoms with van der Waals surface area (Å²) in [7, 11) is 0. The lowest BCUT2D eigenvalue weighted by molar-refractivity contribution is 1.14. The third-order valence-corrected chi connectivity index (χ3v) is 1.46. The minimum atomic E-state index is 0.797. The van der Waals surface area contributed by atoms with E-state index in [2.05, 4.69) is 21.3 Å². The molecule has 0 fully saturated rings. The van der Waals surface area contributed by atoms with Crippen LogP contribution in [-0.2, 0) is 0 Å². The molecule has 3 nitrogen and oxygen atoms in total. The van der Waals surface area contributed by atoms with Crippen molar-refractivity contribution >= 4 is 0 Å². The fourth-order valence-corrected chi connectivity index (χ4v) is 0.918. The van der Waals surface area contributed by atoms with Gasteiger partial charge in [-0.25, -0.2) is 9.97 Å². The molecule has 0 aromatic carbocycles. The van der Waals surface area contributed by atoms with Gasteiger partial charge in [0.15, 0.2) is 6.33 Å². The van der Waals surface area contributed by atoms with Gasteiger partial charge in [0.1, 0.15) is 0 Å². The normalized spacial score (nSPS) is 9.67. The zero-order valence-corrected chi connectivity index (χ0v) is 6.31. The maximum absolute atomic E-state index is 4.14. The Labute approximate surface area is 70.1 Å². The number of rotatable bonds is 1. The van der Waals surface area contributed by atoms with Crippen LogP contribution in [0.5, 0.6) is 0 Å². The first-order chi connectivity index (χ1) is 5.97. The highest BCUT2D eigenvalue weighted by molar-refractivity contribution is 5.52. The average Bonchev–Trinajstić information content (AvgIpc) is 2.21. The second kappa shape index (κ2) is 3.09. The zero-order chi connectivity index (χ0) is 8.23. The Balaban J connectivity index is 2.46. The van der Waals surface area contributed by atoms with Gasteiger partial charge in [-0.15, -0.1) is 0 Å². The van der Waals surface area contributed by atoms with Crippen LogP contribution in [0.3, 0.4) is 0 Å². The van der Waals surface area contributed by atoms with Crippen molar-refractivity contribution in [3.63, 3.8) is 0 Å². The summed E-state index contributed by atoms with van der Waals surface area (Å²) in [5.74, 6) is 0. The number of hydrogen-bond donors (Lipinski definition) is 0. The molecule has 0 saturated heterocycles. The Morgan fingerprint density at radius 1 is 1.00 bits per heavy atom. The van der Waals surface area contributed by atoms with Gasteiger partial charge < -0.3 is 0 Å². The number of nitrogens with zero attached hydrogens (tertiary/aromatic N) is 3. The number of hydrogen-bond acceptors (Lipinski definition) is 3. The van der Waals surface area contributed by atoms with Crippen LogP contribution in [0.15, 0.2) is 36.7 Å². The Bertz CT molecular complexity index is 307. The van der Waals surface area contributed by atoms with E-state index in [1.54, 1.807) is 18.5 Å². The van der Waals surface area contributed by atoms with Gasteiger partial charge in [-0.1, -0.05) is 6.07 Å². The molecular formula is C9H6N3. The van der Waals surface area contributed by atoms with E-state index in [-0.39, 0.29) is 0 Å². The lowest BCUT2D eigenvalue weighted by Crippen LogP contribution is -1.86. The van der Waals surface area contributed by atoms with Crippen molar-refractivity contribution < 1.29 is 0 Å². The number of aromatic nitrogens is 3. The SMILES string of the molecule is [c]1nccc(-c2ccccn2)n1. The van der Waals surface area contributed by atoms with Crippen LogP contribution in [-0.4, -0.2) is 15.0 Å². The molecule has 0 N–H and O–H groups in total. The third kappa shape index (κ3) is 1.29. The molecule has 0 bridgehead atoms. The van der Waals surface area contributed by atoms with Crippen molar-refractivity contribution in [1.29, 1.82) is 0 Å². The standard InChI is InChI=1S/C9H6N3/c1-2-5-11-8(3-1)9-4-6-10-7-12-9/h1-6H. The van der Waals surface area contributed by atoms with Crippen LogP contribution in [0.1, 0.15) is 0 Å². The maximum Gasteiger partial charge on any atom is 0.198 e. The Kier molecular flexibility index (Phi) is 1.78. The maximum atomic E-state index is 4.14. The van der Waals surface area contributed by atoms with E-state index in [0.717, 1.165) is 11.4 Å². The van der Waals surface area contributed by atoms with Crippen molar-refractivity contribution in [3.8, 4) is 11.4 Å². The molecule has 12 heavy (non-hydrogen) atoms. The van der Waals surface area contributed by atoms with Crippen molar-refractivity contribution in [2.24, 2.45) is 0 Å². The Hall–Kier alpha value is -1.77. The lowest BCUT2D eigenvalue weighted by Gasteiger charge is -1.95. The molecule has 0 unspecified atom stereocenters. The minimum Gasteiger partial charge on any atom is -0.255 e. The Morgan fingerprint density at radius 3 is 2.67 bits per heavy atom. The van der Waals surface area contributed by atoms with Gasteiger partial charge in [0.05, 0.1) is 11.4 Å². The smallest absolute Gasteiger partial charge is 0.198 e. The van der Waals surface area contributed by atoms with Crippen LogP contribution in [0, 0.1) is 6.33 Å². The van der Waals surface area contributed by atoms with Crippen molar-refractivity contribution in [2.45, 2.75) is 0 Å². The fraction of sp³-hybridized carbons (Fsp3) is 0. The van der Waals surface area contributed by atoms with Crippen LogP contribution in [0.2, 0.25) is 0 Å². The van der Waals surface area contributed by atoms with Gasteiger partial charge in [-0.3, -0.25) is 4.98 Å².